The molecule has 1 aliphatic carbocycles. The maximum absolute atomic E-state index is 12.9. The first-order chi connectivity index (χ1) is 11.5. The molecule has 2 aromatic rings. The number of amides is 1. The quantitative estimate of drug-likeness (QED) is 0.840. The Hall–Kier alpha value is -2.28. The molecule has 1 heterocycles. The number of hydrogen-bond donors (Lipinski definition) is 2. The molecule has 0 aliphatic heterocycles. The summed E-state index contributed by atoms with van der Waals surface area (Å²) in [6.07, 6.45) is 1.78. The lowest BCUT2D eigenvalue weighted by atomic mass is 9.80. The van der Waals surface area contributed by atoms with Gasteiger partial charge in [-0.2, -0.15) is 0 Å². The standard InChI is InChI=1S/C17H17FN2O3S/c18-12-3-1-10(2-4-12)5-16-20-14(9-24-16)8-15(21)19-13-6-11(7-13)17(22)23/h1-4,9,11,13H,5-8H2,(H,19,21)(H,22,23). The third kappa shape index (κ3) is 4.17. The summed E-state index contributed by atoms with van der Waals surface area (Å²) in [5.74, 6) is -1.54. The Morgan fingerprint density at radius 2 is 2.00 bits per heavy atom. The van der Waals surface area contributed by atoms with Crippen LogP contribution in [0.1, 0.15) is 29.1 Å². The van der Waals surface area contributed by atoms with Gasteiger partial charge in [-0.05, 0) is 30.5 Å². The second kappa shape index (κ2) is 7.09. The Kier molecular flexibility index (Phi) is 4.89. The second-order valence-corrected chi connectivity index (χ2v) is 6.93. The van der Waals surface area contributed by atoms with Crippen molar-refractivity contribution < 1.29 is 19.1 Å². The van der Waals surface area contributed by atoms with Crippen LogP contribution in [0.15, 0.2) is 29.6 Å². The third-order valence-corrected chi connectivity index (χ3v) is 4.96. The van der Waals surface area contributed by atoms with Gasteiger partial charge < -0.3 is 10.4 Å². The molecule has 0 radical (unpaired) electrons. The number of hydrogen-bond acceptors (Lipinski definition) is 4. The Morgan fingerprint density at radius 1 is 1.29 bits per heavy atom. The number of thiazole rings is 1. The molecule has 2 N–H and O–H groups in total. The predicted molar refractivity (Wildman–Crippen MR) is 87.3 cm³/mol. The van der Waals surface area contributed by atoms with Gasteiger partial charge in [-0.3, -0.25) is 9.59 Å². The van der Waals surface area contributed by atoms with Gasteiger partial charge in [-0.15, -0.1) is 11.3 Å². The summed E-state index contributed by atoms with van der Waals surface area (Å²) < 4.78 is 12.9. The van der Waals surface area contributed by atoms with Gasteiger partial charge in [0.1, 0.15) is 5.82 Å². The normalized spacial score (nSPS) is 19.5. The lowest BCUT2D eigenvalue weighted by Crippen LogP contribution is -2.47. The molecule has 24 heavy (non-hydrogen) atoms. The van der Waals surface area contributed by atoms with Crippen LogP contribution in [0.2, 0.25) is 0 Å². The number of carbonyl (C=O) groups excluding carboxylic acids is 1. The van der Waals surface area contributed by atoms with Gasteiger partial charge in [0, 0.05) is 17.8 Å². The fourth-order valence-corrected chi connectivity index (χ4v) is 3.50. The highest BCUT2D eigenvalue weighted by atomic mass is 32.1. The minimum Gasteiger partial charge on any atom is -0.481 e. The zero-order valence-electron chi connectivity index (χ0n) is 12.9. The molecule has 5 nitrogen and oxygen atoms in total. The van der Waals surface area contributed by atoms with Crippen molar-refractivity contribution in [1.29, 1.82) is 0 Å². The van der Waals surface area contributed by atoms with E-state index in [4.69, 9.17) is 5.11 Å². The third-order valence-electron chi connectivity index (χ3n) is 4.06. The van der Waals surface area contributed by atoms with Crippen molar-refractivity contribution in [3.05, 3.63) is 51.7 Å². The molecule has 7 heteroatoms. The molecule has 1 aromatic carbocycles. The Bertz CT molecular complexity index is 739. The van der Waals surface area contributed by atoms with Crippen molar-refractivity contribution in [3.63, 3.8) is 0 Å². The first-order valence-corrected chi connectivity index (χ1v) is 8.57. The van der Waals surface area contributed by atoms with Crippen LogP contribution in [-0.4, -0.2) is 28.0 Å². The van der Waals surface area contributed by atoms with E-state index >= 15 is 0 Å². The molecule has 0 unspecified atom stereocenters. The predicted octanol–water partition coefficient (Wildman–Crippen LogP) is 2.39. The fraction of sp³-hybridized carbons (Fsp3) is 0.353. The van der Waals surface area contributed by atoms with Gasteiger partial charge in [0.15, 0.2) is 0 Å². The first-order valence-electron chi connectivity index (χ1n) is 7.69. The number of aliphatic carboxylic acids is 1. The number of carbonyl (C=O) groups is 2. The number of carboxylic acids is 1. The average Bonchev–Trinajstić information content (AvgIpc) is 2.91. The van der Waals surface area contributed by atoms with Gasteiger partial charge >= 0.3 is 5.97 Å². The number of benzene rings is 1. The van der Waals surface area contributed by atoms with E-state index in [-0.39, 0.29) is 30.1 Å². The van der Waals surface area contributed by atoms with Crippen molar-refractivity contribution in [2.75, 3.05) is 0 Å². The van der Waals surface area contributed by atoms with Crippen LogP contribution in [0.4, 0.5) is 4.39 Å². The molecule has 1 aliphatic rings. The number of rotatable bonds is 6. The molecule has 1 saturated carbocycles. The van der Waals surface area contributed by atoms with Gasteiger partial charge in [0.25, 0.3) is 0 Å². The summed E-state index contributed by atoms with van der Waals surface area (Å²) in [6.45, 7) is 0. The minimum atomic E-state index is -0.801. The number of carboxylic acid groups (broad SMARTS) is 1. The second-order valence-electron chi connectivity index (χ2n) is 5.98. The average molecular weight is 348 g/mol. The van der Waals surface area contributed by atoms with E-state index in [2.05, 4.69) is 10.3 Å². The van der Waals surface area contributed by atoms with Crippen LogP contribution in [0, 0.1) is 11.7 Å². The Morgan fingerprint density at radius 3 is 2.67 bits per heavy atom. The fourth-order valence-electron chi connectivity index (χ4n) is 2.67. The molecule has 1 amide bonds. The van der Waals surface area contributed by atoms with Crippen molar-refractivity contribution in [2.24, 2.45) is 5.92 Å². The molecule has 0 bridgehead atoms. The SMILES string of the molecule is O=C(Cc1csc(Cc2ccc(F)cc2)n1)NC1CC(C(=O)O)C1. The molecule has 0 saturated heterocycles. The summed E-state index contributed by atoms with van der Waals surface area (Å²) >= 11 is 1.47. The molecular formula is C17H17FN2O3S. The number of nitrogens with one attached hydrogen (secondary N) is 1. The molecule has 1 aromatic heterocycles. The molecular weight excluding hydrogens is 331 g/mol. The lowest BCUT2D eigenvalue weighted by Gasteiger charge is -2.32. The van der Waals surface area contributed by atoms with Gasteiger partial charge in [0.05, 0.1) is 23.0 Å². The van der Waals surface area contributed by atoms with Crippen LogP contribution in [0.3, 0.4) is 0 Å². The summed E-state index contributed by atoms with van der Waals surface area (Å²) in [4.78, 5) is 27.1. The summed E-state index contributed by atoms with van der Waals surface area (Å²) in [5.41, 5.74) is 1.67. The van der Waals surface area contributed by atoms with Crippen LogP contribution >= 0.6 is 11.3 Å². The first kappa shape index (κ1) is 16.6. The van der Waals surface area contributed by atoms with Crippen LogP contribution in [-0.2, 0) is 22.4 Å². The maximum Gasteiger partial charge on any atom is 0.306 e. The molecule has 3 rings (SSSR count). The van der Waals surface area contributed by atoms with Crippen LogP contribution < -0.4 is 5.32 Å². The Labute approximate surface area is 142 Å². The largest absolute Gasteiger partial charge is 0.481 e. The van der Waals surface area contributed by atoms with E-state index in [0.29, 0.717) is 25.0 Å². The molecule has 126 valence electrons. The van der Waals surface area contributed by atoms with Crippen LogP contribution in [0.5, 0.6) is 0 Å². The van der Waals surface area contributed by atoms with Crippen molar-refractivity contribution in [1.82, 2.24) is 10.3 Å². The molecule has 0 atom stereocenters. The number of aromatic nitrogens is 1. The van der Waals surface area contributed by atoms with E-state index in [1.54, 1.807) is 12.1 Å². The monoisotopic (exact) mass is 348 g/mol. The number of halogens is 1. The maximum atomic E-state index is 12.9. The summed E-state index contributed by atoms with van der Waals surface area (Å²) in [5, 5.41) is 14.4. The summed E-state index contributed by atoms with van der Waals surface area (Å²) in [6, 6.07) is 6.23. The number of nitrogens with zero attached hydrogens (tertiary/aromatic N) is 1. The van der Waals surface area contributed by atoms with Gasteiger partial charge in [-0.25, -0.2) is 9.37 Å². The highest BCUT2D eigenvalue weighted by Gasteiger charge is 2.35. The van der Waals surface area contributed by atoms with Crippen LogP contribution in [0.25, 0.3) is 0 Å². The van der Waals surface area contributed by atoms with Gasteiger partial charge in [-0.1, -0.05) is 12.1 Å². The van der Waals surface area contributed by atoms with Crippen molar-refractivity contribution >= 4 is 23.2 Å². The topological polar surface area (TPSA) is 79.3 Å². The molecule has 1 fully saturated rings. The smallest absolute Gasteiger partial charge is 0.306 e. The van der Waals surface area contributed by atoms with E-state index in [1.165, 1.54) is 23.5 Å². The van der Waals surface area contributed by atoms with E-state index in [9.17, 15) is 14.0 Å². The minimum absolute atomic E-state index is 0.0454. The van der Waals surface area contributed by atoms with Crippen molar-refractivity contribution in [2.45, 2.75) is 31.7 Å². The Balaban J connectivity index is 1.48. The zero-order valence-corrected chi connectivity index (χ0v) is 13.7. The summed E-state index contributed by atoms with van der Waals surface area (Å²) in [7, 11) is 0. The van der Waals surface area contributed by atoms with Crippen molar-refractivity contribution in [3.8, 4) is 0 Å². The lowest BCUT2D eigenvalue weighted by molar-refractivity contribution is -0.146. The van der Waals surface area contributed by atoms with Gasteiger partial charge in [0.2, 0.25) is 5.91 Å². The van der Waals surface area contributed by atoms with E-state index in [1.807, 2.05) is 5.38 Å². The highest BCUT2D eigenvalue weighted by molar-refractivity contribution is 7.09. The molecule has 0 spiro atoms. The zero-order chi connectivity index (χ0) is 17.1. The highest BCUT2D eigenvalue weighted by Crippen LogP contribution is 2.27. The van der Waals surface area contributed by atoms with E-state index < -0.39 is 5.97 Å². The van der Waals surface area contributed by atoms with E-state index in [0.717, 1.165) is 10.6 Å².